The number of amides is 1. The van der Waals surface area contributed by atoms with E-state index >= 15 is 0 Å². The summed E-state index contributed by atoms with van der Waals surface area (Å²) in [5.74, 6) is -1.65. The van der Waals surface area contributed by atoms with Gasteiger partial charge in [-0.3, -0.25) is 4.79 Å². The lowest BCUT2D eigenvalue weighted by Gasteiger charge is -2.17. The average Bonchev–Trinajstić information content (AvgIpc) is 3.33. The number of pyridine rings is 1. The third kappa shape index (κ3) is 5.94. The number of aromatic nitrogens is 2. The van der Waals surface area contributed by atoms with Gasteiger partial charge in [-0.25, -0.2) is 9.78 Å². The number of halogens is 1. The fourth-order valence-electron chi connectivity index (χ4n) is 4.62. The van der Waals surface area contributed by atoms with Crippen molar-refractivity contribution in [1.82, 2.24) is 14.7 Å². The number of carboxylic acid groups (broad SMARTS) is 1. The Labute approximate surface area is 230 Å². The molecule has 3 aromatic carbocycles. The van der Waals surface area contributed by atoms with Crippen LogP contribution in [0.2, 0.25) is 5.02 Å². The van der Waals surface area contributed by atoms with Crippen LogP contribution in [0.5, 0.6) is 5.75 Å². The number of nitrogens with one attached hydrogen (secondary N) is 1. The maximum atomic E-state index is 13.1. The van der Waals surface area contributed by atoms with Crippen LogP contribution in [0.4, 0.5) is 0 Å². The molecule has 7 nitrogen and oxygen atoms in total. The molecule has 39 heavy (non-hydrogen) atoms. The first-order chi connectivity index (χ1) is 18.8. The molecule has 0 aliphatic carbocycles. The van der Waals surface area contributed by atoms with Crippen molar-refractivity contribution in [3.63, 3.8) is 0 Å². The Bertz CT molecular complexity index is 1660. The van der Waals surface area contributed by atoms with Crippen LogP contribution in [-0.4, -0.2) is 37.5 Å². The highest BCUT2D eigenvalue weighted by Gasteiger charge is 2.24. The highest BCUT2D eigenvalue weighted by Crippen LogP contribution is 2.26. The second-order valence-corrected chi connectivity index (χ2v) is 9.89. The number of aliphatic carboxylic acids is 1. The first-order valence-corrected chi connectivity index (χ1v) is 12.8. The number of aromatic hydroxyl groups is 1. The van der Waals surface area contributed by atoms with Crippen molar-refractivity contribution in [1.29, 1.82) is 0 Å². The minimum atomic E-state index is -1.19. The first-order valence-electron chi connectivity index (χ1n) is 12.4. The van der Waals surface area contributed by atoms with E-state index in [2.05, 4.69) is 10.3 Å². The van der Waals surface area contributed by atoms with Crippen molar-refractivity contribution in [3.05, 3.63) is 124 Å². The lowest BCUT2D eigenvalue weighted by atomic mass is 9.95. The van der Waals surface area contributed by atoms with Crippen molar-refractivity contribution in [2.24, 2.45) is 0 Å². The van der Waals surface area contributed by atoms with Gasteiger partial charge in [-0.2, -0.15) is 0 Å². The van der Waals surface area contributed by atoms with E-state index < -0.39 is 17.9 Å². The molecule has 0 aliphatic heterocycles. The largest absolute Gasteiger partial charge is 0.508 e. The molecule has 2 aromatic heterocycles. The number of benzene rings is 3. The highest BCUT2D eigenvalue weighted by molar-refractivity contribution is 6.30. The molecule has 0 unspecified atom stereocenters. The Balaban J connectivity index is 1.38. The molecule has 5 aromatic rings. The number of aryl methyl sites for hydroxylation is 1. The summed E-state index contributed by atoms with van der Waals surface area (Å²) in [4.78, 5) is 29.7. The molecule has 3 N–H and O–H groups in total. The zero-order valence-corrected chi connectivity index (χ0v) is 21.9. The van der Waals surface area contributed by atoms with Gasteiger partial charge in [-0.05, 0) is 71.5 Å². The van der Waals surface area contributed by atoms with E-state index in [0.29, 0.717) is 17.1 Å². The average molecular weight is 540 g/mol. The van der Waals surface area contributed by atoms with E-state index in [4.69, 9.17) is 11.6 Å². The van der Waals surface area contributed by atoms with Crippen molar-refractivity contribution < 1.29 is 19.8 Å². The molecule has 1 amide bonds. The molecule has 1 atom stereocenters. The maximum Gasteiger partial charge on any atom is 0.326 e. The van der Waals surface area contributed by atoms with Crippen molar-refractivity contribution in [2.45, 2.75) is 25.8 Å². The van der Waals surface area contributed by atoms with Gasteiger partial charge in [0, 0.05) is 29.4 Å². The van der Waals surface area contributed by atoms with Crippen LogP contribution >= 0.6 is 11.6 Å². The molecule has 5 rings (SSSR count). The number of hydrogen-bond acceptors (Lipinski definition) is 4. The molecule has 0 aliphatic rings. The number of carbonyl (C=O) groups is 2. The molecule has 0 fully saturated rings. The van der Waals surface area contributed by atoms with Gasteiger partial charge in [-0.15, -0.1) is 0 Å². The predicted molar refractivity (Wildman–Crippen MR) is 150 cm³/mol. The van der Waals surface area contributed by atoms with Crippen LogP contribution in [0, 0.1) is 6.92 Å². The van der Waals surface area contributed by atoms with Gasteiger partial charge in [0.25, 0.3) is 5.91 Å². The van der Waals surface area contributed by atoms with Crippen LogP contribution in [0.1, 0.15) is 32.7 Å². The zero-order valence-electron chi connectivity index (χ0n) is 21.1. The Hall–Kier alpha value is -4.62. The molecule has 0 bridgehead atoms. The second kappa shape index (κ2) is 11.0. The van der Waals surface area contributed by atoms with Crippen LogP contribution in [-0.2, 0) is 17.6 Å². The molecular weight excluding hydrogens is 514 g/mol. The topological polar surface area (TPSA) is 104 Å². The van der Waals surface area contributed by atoms with Gasteiger partial charge in [0.1, 0.15) is 23.1 Å². The summed E-state index contributed by atoms with van der Waals surface area (Å²) in [7, 11) is 0. The van der Waals surface area contributed by atoms with Crippen molar-refractivity contribution in [2.75, 3.05) is 0 Å². The normalized spacial score (nSPS) is 11.8. The smallest absolute Gasteiger partial charge is 0.326 e. The van der Waals surface area contributed by atoms with Crippen LogP contribution < -0.4 is 5.32 Å². The quantitative estimate of drug-likeness (QED) is 0.235. The van der Waals surface area contributed by atoms with Crippen LogP contribution in [0.15, 0.2) is 91.3 Å². The number of hydrogen-bond donors (Lipinski definition) is 3. The first kappa shape index (κ1) is 26.0. The fraction of sp³-hybridized carbons (Fsp3) is 0.129. The Morgan fingerprint density at radius 1 is 0.974 bits per heavy atom. The standard InChI is InChI=1S/C31H26ClN3O4/c1-19-13-29-33-28(18-35(29)17-26(19)21-7-10-24(32)11-8-21)30(37)34-27(31(38)39)16-22-9-12-25(36)15-23(22)14-20-5-3-2-4-6-20/h2-13,15,17-18,27,36H,14,16H2,1H3,(H,34,37)(H,38,39)/t27-/m0/s1. The zero-order chi connectivity index (χ0) is 27.5. The number of imidazole rings is 1. The molecule has 8 heteroatoms. The Kier molecular flexibility index (Phi) is 7.34. The summed E-state index contributed by atoms with van der Waals surface area (Å²) in [5, 5.41) is 23.2. The third-order valence-corrected chi connectivity index (χ3v) is 6.89. The number of phenolic OH excluding ortho intramolecular Hbond substituents is 1. The number of carbonyl (C=O) groups excluding carboxylic acids is 1. The van der Waals surface area contributed by atoms with E-state index in [0.717, 1.165) is 33.4 Å². The number of nitrogens with zero attached hydrogens (tertiary/aromatic N) is 2. The summed E-state index contributed by atoms with van der Waals surface area (Å²) < 4.78 is 1.75. The molecule has 0 saturated carbocycles. The van der Waals surface area contributed by atoms with Gasteiger partial charge < -0.3 is 19.9 Å². The summed E-state index contributed by atoms with van der Waals surface area (Å²) in [6.45, 7) is 1.96. The minimum Gasteiger partial charge on any atom is -0.508 e. The molecule has 0 spiro atoms. The van der Waals surface area contributed by atoms with Gasteiger partial charge in [0.15, 0.2) is 0 Å². The van der Waals surface area contributed by atoms with Crippen molar-refractivity contribution in [3.8, 4) is 16.9 Å². The summed E-state index contributed by atoms with van der Waals surface area (Å²) in [6, 6.07) is 22.7. The van der Waals surface area contributed by atoms with Crippen LogP contribution in [0.25, 0.3) is 16.8 Å². The number of phenols is 1. The lowest BCUT2D eigenvalue weighted by molar-refractivity contribution is -0.139. The lowest BCUT2D eigenvalue weighted by Crippen LogP contribution is -2.42. The van der Waals surface area contributed by atoms with Crippen LogP contribution in [0.3, 0.4) is 0 Å². The maximum absolute atomic E-state index is 13.1. The highest BCUT2D eigenvalue weighted by atomic mass is 35.5. The van der Waals surface area contributed by atoms with Gasteiger partial charge in [-0.1, -0.05) is 60.1 Å². The van der Waals surface area contributed by atoms with Gasteiger partial charge >= 0.3 is 5.97 Å². The van der Waals surface area contributed by atoms with E-state index in [1.54, 1.807) is 22.7 Å². The third-order valence-electron chi connectivity index (χ3n) is 6.64. The predicted octanol–water partition coefficient (Wildman–Crippen LogP) is 5.69. The summed E-state index contributed by atoms with van der Waals surface area (Å²) in [5.41, 5.74) is 6.15. The number of fused-ring (bicyclic) bond motifs is 1. The summed E-state index contributed by atoms with van der Waals surface area (Å²) in [6.07, 6.45) is 4.05. The number of rotatable bonds is 8. The molecule has 0 saturated heterocycles. The van der Waals surface area contributed by atoms with Gasteiger partial charge in [0.05, 0.1) is 0 Å². The molecule has 196 valence electrons. The molecule has 0 radical (unpaired) electrons. The monoisotopic (exact) mass is 539 g/mol. The fourth-order valence-corrected chi connectivity index (χ4v) is 4.74. The van der Waals surface area contributed by atoms with E-state index in [1.165, 1.54) is 6.07 Å². The molecular formula is C31H26ClN3O4. The van der Waals surface area contributed by atoms with E-state index in [-0.39, 0.29) is 17.9 Å². The SMILES string of the molecule is Cc1cc2nc(C(=O)N[C@@H](Cc3ccc(O)cc3Cc3ccccc3)C(=O)O)cn2cc1-c1ccc(Cl)cc1. The van der Waals surface area contributed by atoms with E-state index in [1.807, 2.05) is 73.8 Å². The Morgan fingerprint density at radius 3 is 2.44 bits per heavy atom. The second-order valence-electron chi connectivity index (χ2n) is 9.45. The molecule has 2 heterocycles. The van der Waals surface area contributed by atoms with E-state index in [9.17, 15) is 19.8 Å². The van der Waals surface area contributed by atoms with Crippen molar-refractivity contribution >= 4 is 29.1 Å². The Morgan fingerprint density at radius 2 is 1.72 bits per heavy atom. The minimum absolute atomic E-state index is 0.0523. The summed E-state index contributed by atoms with van der Waals surface area (Å²) >= 11 is 6.03. The van der Waals surface area contributed by atoms with Gasteiger partial charge in [0.2, 0.25) is 0 Å². The number of carboxylic acids is 1.